The zero-order valence-corrected chi connectivity index (χ0v) is 10.1. The van der Waals surface area contributed by atoms with E-state index in [2.05, 4.69) is 42.2 Å². The molecule has 0 aliphatic carbocycles. The first kappa shape index (κ1) is 11.4. The van der Waals surface area contributed by atoms with Gasteiger partial charge in [-0.2, -0.15) is 5.26 Å². The van der Waals surface area contributed by atoms with Crippen LogP contribution in [0.1, 0.15) is 22.5 Å². The lowest BCUT2D eigenvalue weighted by molar-refractivity contribution is 0.796. The SMILES string of the molecule is Cc1ccc(CCc2c(C#N)ncn2C)cc1. The van der Waals surface area contributed by atoms with Gasteiger partial charge < -0.3 is 4.57 Å². The van der Waals surface area contributed by atoms with Gasteiger partial charge in [0.2, 0.25) is 0 Å². The fourth-order valence-corrected chi connectivity index (χ4v) is 1.86. The highest BCUT2D eigenvalue weighted by Gasteiger charge is 2.07. The van der Waals surface area contributed by atoms with Crippen molar-refractivity contribution >= 4 is 0 Å². The molecule has 0 bridgehead atoms. The van der Waals surface area contributed by atoms with E-state index < -0.39 is 0 Å². The van der Waals surface area contributed by atoms with Crippen LogP contribution in [-0.2, 0) is 19.9 Å². The summed E-state index contributed by atoms with van der Waals surface area (Å²) in [5.41, 5.74) is 4.11. The van der Waals surface area contributed by atoms with E-state index >= 15 is 0 Å². The van der Waals surface area contributed by atoms with Crippen LogP contribution in [0.15, 0.2) is 30.6 Å². The third-order valence-corrected chi connectivity index (χ3v) is 2.94. The Hall–Kier alpha value is -2.08. The Kier molecular flexibility index (Phi) is 3.24. The summed E-state index contributed by atoms with van der Waals surface area (Å²) in [6.07, 6.45) is 3.49. The first-order valence-corrected chi connectivity index (χ1v) is 5.66. The number of hydrogen-bond acceptors (Lipinski definition) is 2. The molecule has 86 valence electrons. The van der Waals surface area contributed by atoms with E-state index in [0.29, 0.717) is 5.69 Å². The Bertz CT molecular complexity index is 544. The standard InChI is InChI=1S/C14H15N3/c1-11-3-5-12(6-4-11)7-8-14-13(9-15)16-10-17(14)2/h3-6,10H,7-8H2,1-2H3. The fourth-order valence-electron chi connectivity index (χ4n) is 1.86. The third kappa shape index (κ3) is 2.54. The first-order valence-electron chi connectivity index (χ1n) is 5.66. The Morgan fingerprint density at radius 1 is 1.24 bits per heavy atom. The van der Waals surface area contributed by atoms with Gasteiger partial charge in [0, 0.05) is 7.05 Å². The van der Waals surface area contributed by atoms with Crippen molar-refractivity contribution in [3.05, 3.63) is 53.1 Å². The van der Waals surface area contributed by atoms with E-state index in [1.165, 1.54) is 11.1 Å². The van der Waals surface area contributed by atoms with Gasteiger partial charge in [-0.3, -0.25) is 0 Å². The van der Waals surface area contributed by atoms with Gasteiger partial charge in [-0.05, 0) is 25.3 Å². The monoisotopic (exact) mass is 225 g/mol. The minimum Gasteiger partial charge on any atom is -0.336 e. The van der Waals surface area contributed by atoms with Crippen LogP contribution in [0.2, 0.25) is 0 Å². The Morgan fingerprint density at radius 3 is 2.59 bits per heavy atom. The number of imidazole rings is 1. The van der Waals surface area contributed by atoms with Crippen LogP contribution in [0.3, 0.4) is 0 Å². The van der Waals surface area contributed by atoms with Crippen LogP contribution in [0.25, 0.3) is 0 Å². The van der Waals surface area contributed by atoms with Gasteiger partial charge in [0.15, 0.2) is 5.69 Å². The number of nitriles is 1. The molecule has 1 aromatic carbocycles. The number of aryl methyl sites for hydroxylation is 3. The molecule has 3 heteroatoms. The Balaban J connectivity index is 2.10. The molecule has 0 aliphatic heterocycles. The van der Waals surface area contributed by atoms with E-state index in [-0.39, 0.29) is 0 Å². The van der Waals surface area contributed by atoms with Crippen molar-refractivity contribution in [1.82, 2.24) is 9.55 Å². The lowest BCUT2D eigenvalue weighted by Gasteiger charge is -2.04. The molecular formula is C14H15N3. The van der Waals surface area contributed by atoms with Crippen molar-refractivity contribution in [2.24, 2.45) is 7.05 Å². The maximum atomic E-state index is 8.94. The van der Waals surface area contributed by atoms with Gasteiger partial charge in [-0.25, -0.2) is 4.98 Å². The molecule has 0 atom stereocenters. The molecule has 17 heavy (non-hydrogen) atoms. The van der Waals surface area contributed by atoms with Crippen LogP contribution in [0.5, 0.6) is 0 Å². The molecule has 0 N–H and O–H groups in total. The molecule has 1 aromatic heterocycles. The van der Waals surface area contributed by atoms with Gasteiger partial charge in [-0.1, -0.05) is 29.8 Å². The predicted octanol–water partition coefficient (Wildman–Crippen LogP) is 2.39. The van der Waals surface area contributed by atoms with Crippen molar-refractivity contribution in [2.45, 2.75) is 19.8 Å². The summed E-state index contributed by atoms with van der Waals surface area (Å²) in [5.74, 6) is 0. The highest BCUT2D eigenvalue weighted by Crippen LogP contribution is 2.11. The van der Waals surface area contributed by atoms with Crippen molar-refractivity contribution in [2.75, 3.05) is 0 Å². The first-order chi connectivity index (χ1) is 8.20. The minimum absolute atomic E-state index is 0.541. The molecule has 3 nitrogen and oxygen atoms in total. The third-order valence-electron chi connectivity index (χ3n) is 2.94. The van der Waals surface area contributed by atoms with E-state index in [4.69, 9.17) is 5.26 Å². The smallest absolute Gasteiger partial charge is 0.161 e. The van der Waals surface area contributed by atoms with Crippen LogP contribution < -0.4 is 0 Å². The van der Waals surface area contributed by atoms with Crippen LogP contribution in [0.4, 0.5) is 0 Å². The van der Waals surface area contributed by atoms with Crippen LogP contribution in [-0.4, -0.2) is 9.55 Å². The fraction of sp³-hybridized carbons (Fsp3) is 0.286. The maximum absolute atomic E-state index is 8.94. The van der Waals surface area contributed by atoms with E-state index in [0.717, 1.165) is 18.5 Å². The van der Waals surface area contributed by atoms with Crippen molar-refractivity contribution in [1.29, 1.82) is 5.26 Å². The number of benzene rings is 1. The van der Waals surface area contributed by atoms with Crippen LogP contribution in [0, 0.1) is 18.3 Å². The topological polar surface area (TPSA) is 41.6 Å². The normalized spacial score (nSPS) is 10.2. The molecule has 2 rings (SSSR count). The molecule has 0 aliphatic rings. The van der Waals surface area contributed by atoms with E-state index in [1.807, 2.05) is 11.6 Å². The lowest BCUT2D eigenvalue weighted by Crippen LogP contribution is -2.00. The minimum atomic E-state index is 0.541. The molecular weight excluding hydrogens is 210 g/mol. The maximum Gasteiger partial charge on any atom is 0.161 e. The van der Waals surface area contributed by atoms with Gasteiger partial charge >= 0.3 is 0 Å². The predicted molar refractivity (Wildman–Crippen MR) is 66.5 cm³/mol. The van der Waals surface area contributed by atoms with Gasteiger partial charge in [-0.15, -0.1) is 0 Å². The zero-order valence-electron chi connectivity index (χ0n) is 10.1. The summed E-state index contributed by atoms with van der Waals surface area (Å²) in [7, 11) is 1.93. The van der Waals surface area contributed by atoms with E-state index in [9.17, 15) is 0 Å². The summed E-state index contributed by atoms with van der Waals surface area (Å²) in [6, 6.07) is 10.6. The average molecular weight is 225 g/mol. The number of rotatable bonds is 3. The highest BCUT2D eigenvalue weighted by atomic mass is 15.0. The molecule has 0 spiro atoms. The average Bonchev–Trinajstić information content (AvgIpc) is 2.69. The largest absolute Gasteiger partial charge is 0.336 e. The zero-order chi connectivity index (χ0) is 12.3. The molecule has 0 amide bonds. The van der Waals surface area contributed by atoms with Gasteiger partial charge in [0.05, 0.1) is 12.0 Å². The summed E-state index contributed by atoms with van der Waals surface area (Å²) in [4.78, 5) is 4.06. The highest BCUT2D eigenvalue weighted by molar-refractivity contribution is 5.28. The van der Waals surface area contributed by atoms with Gasteiger partial charge in [0.25, 0.3) is 0 Å². The molecule has 0 saturated heterocycles. The number of nitrogens with zero attached hydrogens (tertiary/aromatic N) is 3. The molecule has 2 aromatic rings. The van der Waals surface area contributed by atoms with Crippen molar-refractivity contribution in [3.63, 3.8) is 0 Å². The second-order valence-corrected chi connectivity index (χ2v) is 4.25. The number of aromatic nitrogens is 2. The Morgan fingerprint density at radius 2 is 1.94 bits per heavy atom. The summed E-state index contributed by atoms with van der Waals surface area (Å²) < 4.78 is 1.92. The Labute approximate surface area is 101 Å². The molecule has 1 heterocycles. The number of hydrogen-bond donors (Lipinski definition) is 0. The van der Waals surface area contributed by atoms with Crippen molar-refractivity contribution < 1.29 is 0 Å². The van der Waals surface area contributed by atoms with E-state index in [1.54, 1.807) is 6.33 Å². The quantitative estimate of drug-likeness (QED) is 0.804. The molecule has 0 saturated carbocycles. The molecule has 0 radical (unpaired) electrons. The molecule has 0 fully saturated rings. The summed E-state index contributed by atoms with van der Waals surface area (Å²) in [6.45, 7) is 2.08. The second kappa shape index (κ2) is 4.84. The lowest BCUT2D eigenvalue weighted by atomic mass is 10.1. The van der Waals surface area contributed by atoms with Crippen LogP contribution >= 0.6 is 0 Å². The second-order valence-electron chi connectivity index (χ2n) is 4.25. The summed E-state index contributed by atoms with van der Waals surface area (Å²) >= 11 is 0. The van der Waals surface area contributed by atoms with Crippen molar-refractivity contribution in [3.8, 4) is 6.07 Å². The van der Waals surface area contributed by atoms with Gasteiger partial charge in [0.1, 0.15) is 6.07 Å². The molecule has 0 unspecified atom stereocenters. The summed E-state index contributed by atoms with van der Waals surface area (Å²) in [5, 5.41) is 8.94.